The average molecular weight is 293 g/mol. The van der Waals surface area contributed by atoms with E-state index < -0.39 is 6.10 Å². The lowest BCUT2D eigenvalue weighted by Crippen LogP contribution is -2.33. The Morgan fingerprint density at radius 3 is 2.67 bits per heavy atom. The number of hydrogen-bond donors (Lipinski definition) is 1. The molecule has 1 amide bonds. The Hall–Kier alpha value is -1.59. The Labute approximate surface area is 125 Å². The van der Waals surface area contributed by atoms with Crippen LogP contribution >= 0.6 is 0 Å². The molecule has 1 N–H and O–H groups in total. The molecule has 21 heavy (non-hydrogen) atoms. The number of hydrogen-bond acceptors (Lipinski definition) is 4. The topological polar surface area (TPSA) is 59.0 Å². The largest absolute Gasteiger partial charge is 0.491 e. The van der Waals surface area contributed by atoms with Gasteiger partial charge in [0.25, 0.3) is 0 Å². The number of likely N-dealkylation sites (tertiary alicyclic amines) is 1. The number of ether oxygens (including phenoxy) is 2. The first-order valence-electron chi connectivity index (χ1n) is 7.20. The van der Waals surface area contributed by atoms with Crippen molar-refractivity contribution in [1.82, 2.24) is 4.90 Å². The van der Waals surface area contributed by atoms with Gasteiger partial charge in [-0.2, -0.15) is 0 Å². The van der Waals surface area contributed by atoms with Gasteiger partial charge >= 0.3 is 0 Å². The van der Waals surface area contributed by atoms with E-state index in [1.165, 1.54) is 0 Å². The van der Waals surface area contributed by atoms with Crippen LogP contribution in [0.3, 0.4) is 0 Å². The number of carbonyl (C=O) groups excluding carboxylic acids is 1. The van der Waals surface area contributed by atoms with Crippen molar-refractivity contribution in [3.8, 4) is 5.75 Å². The first-order chi connectivity index (χ1) is 9.99. The number of amides is 1. The average Bonchev–Trinajstić information content (AvgIpc) is 2.73. The fourth-order valence-corrected chi connectivity index (χ4v) is 2.29. The summed E-state index contributed by atoms with van der Waals surface area (Å²) in [7, 11) is 0. The van der Waals surface area contributed by atoms with Gasteiger partial charge in [0.1, 0.15) is 19.0 Å². The van der Waals surface area contributed by atoms with Crippen LogP contribution in [0.15, 0.2) is 30.3 Å². The lowest BCUT2D eigenvalue weighted by molar-refractivity contribution is -0.135. The predicted octanol–water partition coefficient (Wildman–Crippen LogP) is 1.31. The first kappa shape index (κ1) is 15.8. The van der Waals surface area contributed by atoms with Crippen molar-refractivity contribution in [3.05, 3.63) is 30.3 Å². The third-order valence-electron chi connectivity index (χ3n) is 3.71. The van der Waals surface area contributed by atoms with E-state index in [4.69, 9.17) is 9.47 Å². The zero-order valence-corrected chi connectivity index (χ0v) is 12.6. The number of β-amino-alcohol motifs (C(OH)–C–C–N with tert-alkyl or cyclic N) is 1. The summed E-state index contributed by atoms with van der Waals surface area (Å²) in [5.41, 5.74) is -0.244. The SMILES string of the molecule is CC1(C)CN(C(=O)COCCOc2ccccc2)C[C@H]1O. The summed E-state index contributed by atoms with van der Waals surface area (Å²) in [6.45, 7) is 5.67. The van der Waals surface area contributed by atoms with E-state index in [9.17, 15) is 9.90 Å². The molecule has 5 heteroatoms. The van der Waals surface area contributed by atoms with E-state index >= 15 is 0 Å². The molecule has 1 saturated heterocycles. The fraction of sp³-hybridized carbons (Fsp3) is 0.562. The van der Waals surface area contributed by atoms with Crippen LogP contribution in [-0.2, 0) is 9.53 Å². The number of rotatable bonds is 6. The molecule has 1 fully saturated rings. The van der Waals surface area contributed by atoms with Crippen LogP contribution in [0.25, 0.3) is 0 Å². The van der Waals surface area contributed by atoms with Gasteiger partial charge in [-0.15, -0.1) is 0 Å². The Bertz CT molecular complexity index is 461. The van der Waals surface area contributed by atoms with E-state index in [0.717, 1.165) is 5.75 Å². The summed E-state index contributed by atoms with van der Waals surface area (Å²) in [6.07, 6.45) is -0.470. The van der Waals surface area contributed by atoms with E-state index in [1.807, 2.05) is 44.2 Å². The molecule has 0 unspecified atom stereocenters. The van der Waals surface area contributed by atoms with Crippen molar-refractivity contribution in [1.29, 1.82) is 0 Å². The number of nitrogens with zero attached hydrogens (tertiary/aromatic N) is 1. The van der Waals surface area contributed by atoms with Crippen LogP contribution < -0.4 is 4.74 Å². The minimum atomic E-state index is -0.470. The predicted molar refractivity (Wildman–Crippen MR) is 79.1 cm³/mol. The normalized spacial score (nSPS) is 20.5. The highest BCUT2D eigenvalue weighted by Crippen LogP contribution is 2.29. The van der Waals surface area contributed by atoms with E-state index in [0.29, 0.717) is 26.3 Å². The number of para-hydroxylation sites is 1. The van der Waals surface area contributed by atoms with Crippen LogP contribution in [0.2, 0.25) is 0 Å². The summed E-state index contributed by atoms with van der Waals surface area (Å²) in [4.78, 5) is 13.6. The maximum absolute atomic E-state index is 12.0. The zero-order chi connectivity index (χ0) is 15.3. The lowest BCUT2D eigenvalue weighted by Gasteiger charge is -2.20. The van der Waals surface area contributed by atoms with Crippen LogP contribution in [0.1, 0.15) is 13.8 Å². The van der Waals surface area contributed by atoms with E-state index in [2.05, 4.69) is 0 Å². The first-order valence-corrected chi connectivity index (χ1v) is 7.20. The third kappa shape index (κ3) is 4.44. The summed E-state index contributed by atoms with van der Waals surface area (Å²) in [6, 6.07) is 9.48. The molecule has 0 aromatic heterocycles. The Morgan fingerprint density at radius 2 is 2.05 bits per heavy atom. The third-order valence-corrected chi connectivity index (χ3v) is 3.71. The van der Waals surface area contributed by atoms with Gasteiger partial charge in [0.05, 0.1) is 12.7 Å². The molecule has 2 rings (SSSR count). The summed E-state index contributed by atoms with van der Waals surface area (Å²) < 4.78 is 10.8. The van der Waals surface area contributed by atoms with Gasteiger partial charge in [0.2, 0.25) is 5.91 Å². The van der Waals surface area contributed by atoms with Gasteiger partial charge < -0.3 is 19.5 Å². The molecular formula is C16H23NO4. The smallest absolute Gasteiger partial charge is 0.248 e. The van der Waals surface area contributed by atoms with Gasteiger partial charge in [-0.3, -0.25) is 4.79 Å². The van der Waals surface area contributed by atoms with Crippen LogP contribution in [0.5, 0.6) is 5.75 Å². The molecule has 1 aliphatic rings. The highest BCUT2D eigenvalue weighted by Gasteiger charge is 2.39. The van der Waals surface area contributed by atoms with Crippen molar-refractivity contribution in [2.45, 2.75) is 20.0 Å². The Balaban J connectivity index is 1.62. The van der Waals surface area contributed by atoms with Crippen molar-refractivity contribution in [2.75, 3.05) is 32.9 Å². The van der Waals surface area contributed by atoms with Gasteiger partial charge in [-0.05, 0) is 12.1 Å². The number of carbonyl (C=O) groups is 1. The quantitative estimate of drug-likeness (QED) is 0.804. The van der Waals surface area contributed by atoms with Gasteiger partial charge in [0.15, 0.2) is 0 Å². The van der Waals surface area contributed by atoms with Gasteiger partial charge in [-0.25, -0.2) is 0 Å². The van der Waals surface area contributed by atoms with Crippen LogP contribution in [0.4, 0.5) is 0 Å². The molecule has 0 bridgehead atoms. The summed E-state index contributed by atoms with van der Waals surface area (Å²) in [5, 5.41) is 9.86. The molecule has 5 nitrogen and oxygen atoms in total. The molecule has 0 spiro atoms. The number of aliphatic hydroxyl groups is 1. The van der Waals surface area contributed by atoms with Crippen molar-refractivity contribution < 1.29 is 19.4 Å². The maximum Gasteiger partial charge on any atom is 0.248 e. The molecule has 0 saturated carbocycles. The summed E-state index contributed by atoms with van der Waals surface area (Å²) in [5.74, 6) is 0.705. The molecule has 116 valence electrons. The van der Waals surface area contributed by atoms with Crippen LogP contribution in [-0.4, -0.2) is 54.9 Å². The molecule has 1 aromatic carbocycles. The maximum atomic E-state index is 12.0. The Morgan fingerprint density at radius 1 is 1.33 bits per heavy atom. The number of benzene rings is 1. The highest BCUT2D eigenvalue weighted by molar-refractivity contribution is 5.77. The molecule has 1 heterocycles. The van der Waals surface area contributed by atoms with E-state index in [1.54, 1.807) is 4.90 Å². The second-order valence-corrected chi connectivity index (χ2v) is 5.99. The minimum absolute atomic E-state index is 0.0287. The fourth-order valence-electron chi connectivity index (χ4n) is 2.29. The molecule has 1 atom stereocenters. The second kappa shape index (κ2) is 6.91. The van der Waals surface area contributed by atoms with Crippen molar-refractivity contribution in [3.63, 3.8) is 0 Å². The molecule has 1 aromatic rings. The second-order valence-electron chi connectivity index (χ2n) is 5.99. The molecule has 0 aliphatic carbocycles. The zero-order valence-electron chi connectivity index (χ0n) is 12.6. The number of aliphatic hydroxyl groups excluding tert-OH is 1. The van der Waals surface area contributed by atoms with Gasteiger partial charge in [-0.1, -0.05) is 32.0 Å². The van der Waals surface area contributed by atoms with Crippen LogP contribution in [0, 0.1) is 5.41 Å². The minimum Gasteiger partial charge on any atom is -0.491 e. The van der Waals surface area contributed by atoms with Crippen molar-refractivity contribution >= 4 is 5.91 Å². The summed E-state index contributed by atoms with van der Waals surface area (Å²) >= 11 is 0. The monoisotopic (exact) mass is 293 g/mol. The molecule has 1 aliphatic heterocycles. The molecule has 0 radical (unpaired) electrons. The Kier molecular flexibility index (Phi) is 5.20. The molecular weight excluding hydrogens is 270 g/mol. The standard InChI is InChI=1S/C16H23NO4/c1-16(2)12-17(10-14(16)18)15(19)11-20-8-9-21-13-6-4-3-5-7-13/h3-7,14,18H,8-12H2,1-2H3/t14-/m1/s1. The van der Waals surface area contributed by atoms with Crippen molar-refractivity contribution in [2.24, 2.45) is 5.41 Å². The lowest BCUT2D eigenvalue weighted by atomic mass is 9.90. The highest BCUT2D eigenvalue weighted by atomic mass is 16.5. The van der Waals surface area contributed by atoms with E-state index in [-0.39, 0.29) is 17.9 Å². The van der Waals surface area contributed by atoms with Gasteiger partial charge in [0, 0.05) is 18.5 Å².